The maximum atomic E-state index is 15.2. The molecule has 1 fully saturated rings. The Morgan fingerprint density at radius 3 is 2.74 bits per heavy atom. The van der Waals surface area contributed by atoms with E-state index < -0.39 is 40.8 Å². The van der Waals surface area contributed by atoms with Gasteiger partial charge in [0, 0.05) is 31.0 Å². The number of hydrogen-bond acceptors (Lipinski definition) is 8. The molecule has 10 nitrogen and oxygen atoms in total. The van der Waals surface area contributed by atoms with Gasteiger partial charge in [-0.15, -0.1) is 0 Å². The van der Waals surface area contributed by atoms with E-state index in [4.69, 9.17) is 4.74 Å². The summed E-state index contributed by atoms with van der Waals surface area (Å²) in [6.45, 7) is 1.67. The maximum Gasteiger partial charge on any atom is 0.423 e. The number of methoxy groups -OCH3 is 1. The Hall–Kier alpha value is -4.49. The number of hydrogen-bond donors (Lipinski definition) is 3. The molecule has 0 radical (unpaired) electrons. The van der Waals surface area contributed by atoms with Crippen LogP contribution in [0.1, 0.15) is 32.6 Å². The maximum absolute atomic E-state index is 15.2. The van der Waals surface area contributed by atoms with Gasteiger partial charge in [-0.25, -0.2) is 14.4 Å². The number of alkyl halides is 3. The van der Waals surface area contributed by atoms with Crippen LogP contribution in [-0.4, -0.2) is 58.7 Å². The highest BCUT2D eigenvalue weighted by Crippen LogP contribution is 2.32. The van der Waals surface area contributed by atoms with Gasteiger partial charge in [0.15, 0.2) is 17.4 Å². The molecule has 0 unspecified atom stereocenters. The van der Waals surface area contributed by atoms with Gasteiger partial charge in [0.25, 0.3) is 11.5 Å². The number of aliphatic imine (C=N–C) groups is 1. The number of benzene rings is 1. The molecular formula is C28H29F4N7O3. The lowest BCUT2D eigenvalue weighted by Gasteiger charge is -2.19. The molecule has 5 rings (SSSR count). The molecule has 0 bridgehead atoms. The first-order valence-electron chi connectivity index (χ1n) is 13.4. The number of pyridine rings is 1. The molecule has 1 aromatic carbocycles. The van der Waals surface area contributed by atoms with E-state index in [1.807, 2.05) is 0 Å². The molecule has 14 heteroatoms. The Morgan fingerprint density at radius 2 is 2.02 bits per heavy atom. The van der Waals surface area contributed by atoms with E-state index in [1.165, 1.54) is 23.9 Å². The van der Waals surface area contributed by atoms with Crippen LogP contribution in [0.2, 0.25) is 0 Å². The summed E-state index contributed by atoms with van der Waals surface area (Å²) in [5.74, 6) is -0.819. The first-order valence-corrected chi connectivity index (χ1v) is 13.4. The second-order valence-corrected chi connectivity index (χ2v) is 10.2. The van der Waals surface area contributed by atoms with Gasteiger partial charge in [0.1, 0.15) is 18.1 Å². The molecule has 1 aliphatic carbocycles. The molecule has 222 valence electrons. The number of anilines is 1. The Balaban J connectivity index is 1.30. The lowest BCUT2D eigenvalue weighted by atomic mass is 10.1. The van der Waals surface area contributed by atoms with Crippen molar-refractivity contribution in [2.45, 2.75) is 57.4 Å². The highest BCUT2D eigenvalue weighted by molar-refractivity contribution is 6.01. The Morgan fingerprint density at radius 1 is 1.24 bits per heavy atom. The smallest absolute Gasteiger partial charge is 0.423 e. The average molecular weight is 588 g/mol. The predicted molar refractivity (Wildman–Crippen MR) is 149 cm³/mol. The standard InChI is InChI=1S/C28H29F4N7O3/c1-15(36-21-12-33-14-35-26(40)23(21)28(30,31)32)4-3-8-39-9-7-16-10-19(20(29)11-18(16)27(39)41)24-34-13-22(42-2)25(38-24)37-17-5-6-17/h7,9-13,15,17,36H,3-6,8,14H2,1-2H3,(H,35,40)(H,34,37,38)/t15-/m0/s1. The zero-order valence-corrected chi connectivity index (χ0v) is 22.9. The number of amides is 1. The minimum Gasteiger partial charge on any atom is -0.491 e. The molecule has 1 aliphatic heterocycles. The second kappa shape index (κ2) is 11.8. The Labute approximate surface area is 237 Å². The van der Waals surface area contributed by atoms with Crippen LogP contribution in [0.4, 0.5) is 23.4 Å². The van der Waals surface area contributed by atoms with Crippen LogP contribution in [0.5, 0.6) is 5.75 Å². The summed E-state index contributed by atoms with van der Waals surface area (Å²) in [6.07, 6.45) is 2.04. The Bertz CT molecular complexity index is 1630. The third-order valence-corrected chi connectivity index (χ3v) is 6.97. The highest BCUT2D eigenvalue weighted by Gasteiger charge is 2.42. The van der Waals surface area contributed by atoms with Crippen LogP contribution >= 0.6 is 0 Å². The topological polar surface area (TPSA) is 123 Å². The predicted octanol–water partition coefficient (Wildman–Crippen LogP) is 3.91. The molecule has 0 saturated heterocycles. The van der Waals surface area contributed by atoms with Gasteiger partial charge in [-0.3, -0.25) is 14.6 Å². The minimum atomic E-state index is -4.86. The van der Waals surface area contributed by atoms with Crippen molar-refractivity contribution in [1.29, 1.82) is 0 Å². The van der Waals surface area contributed by atoms with Crippen molar-refractivity contribution < 1.29 is 27.1 Å². The third kappa shape index (κ3) is 6.37. The first-order chi connectivity index (χ1) is 20.0. The van der Waals surface area contributed by atoms with Crippen molar-refractivity contribution in [2.75, 3.05) is 19.1 Å². The fourth-order valence-corrected chi connectivity index (χ4v) is 4.65. The van der Waals surface area contributed by atoms with E-state index >= 15 is 4.39 Å². The monoisotopic (exact) mass is 587 g/mol. The zero-order valence-electron chi connectivity index (χ0n) is 22.9. The van der Waals surface area contributed by atoms with Crippen LogP contribution in [0.3, 0.4) is 0 Å². The number of aromatic nitrogens is 3. The number of ether oxygens (including phenoxy) is 1. The zero-order chi connectivity index (χ0) is 30.0. The number of carbonyl (C=O) groups is 1. The number of nitrogens with one attached hydrogen (secondary N) is 3. The van der Waals surface area contributed by atoms with Gasteiger partial charge in [0.05, 0.1) is 30.0 Å². The molecule has 3 heterocycles. The van der Waals surface area contributed by atoms with Gasteiger partial charge in [0.2, 0.25) is 0 Å². The number of rotatable bonds is 10. The van der Waals surface area contributed by atoms with Crippen molar-refractivity contribution in [3.05, 3.63) is 58.0 Å². The summed E-state index contributed by atoms with van der Waals surface area (Å²) in [7, 11) is 1.50. The number of allylic oxidation sites excluding steroid dienone is 1. The molecule has 2 aliphatic rings. The molecule has 1 saturated carbocycles. The van der Waals surface area contributed by atoms with E-state index in [9.17, 15) is 22.8 Å². The van der Waals surface area contributed by atoms with Crippen LogP contribution in [0, 0.1) is 5.82 Å². The first kappa shape index (κ1) is 29.0. The Kier molecular flexibility index (Phi) is 8.14. The molecule has 1 amide bonds. The normalized spacial score (nSPS) is 16.3. The third-order valence-electron chi connectivity index (χ3n) is 6.97. The number of carbonyl (C=O) groups excluding carboxylic acids is 1. The second-order valence-electron chi connectivity index (χ2n) is 10.2. The van der Waals surface area contributed by atoms with Crippen LogP contribution in [0.15, 0.2) is 51.6 Å². The lowest BCUT2D eigenvalue weighted by Crippen LogP contribution is -2.36. The van der Waals surface area contributed by atoms with Gasteiger partial charge in [-0.1, -0.05) is 0 Å². The summed E-state index contributed by atoms with van der Waals surface area (Å²) < 4.78 is 62.4. The van der Waals surface area contributed by atoms with Gasteiger partial charge >= 0.3 is 6.18 Å². The van der Waals surface area contributed by atoms with Crippen molar-refractivity contribution >= 4 is 28.7 Å². The van der Waals surface area contributed by atoms with Crippen LogP contribution in [-0.2, 0) is 11.3 Å². The summed E-state index contributed by atoms with van der Waals surface area (Å²) in [5, 5.41) is 8.74. The number of aryl methyl sites for hydroxylation is 1. The van der Waals surface area contributed by atoms with Crippen molar-refractivity contribution in [1.82, 2.24) is 25.2 Å². The molecule has 0 spiro atoms. The summed E-state index contributed by atoms with van der Waals surface area (Å²) in [6, 6.07) is 4.21. The van der Waals surface area contributed by atoms with Crippen LogP contribution in [0.25, 0.3) is 22.2 Å². The number of nitrogens with zero attached hydrogens (tertiary/aromatic N) is 4. The molecule has 3 aromatic rings. The highest BCUT2D eigenvalue weighted by atomic mass is 19.4. The van der Waals surface area contributed by atoms with E-state index in [0.717, 1.165) is 25.1 Å². The largest absolute Gasteiger partial charge is 0.491 e. The van der Waals surface area contributed by atoms with E-state index in [0.29, 0.717) is 35.8 Å². The average Bonchev–Trinajstić information content (AvgIpc) is 3.77. The van der Waals surface area contributed by atoms with Crippen molar-refractivity contribution in [2.24, 2.45) is 4.99 Å². The molecular weight excluding hydrogens is 558 g/mol. The summed E-state index contributed by atoms with van der Waals surface area (Å²) >= 11 is 0. The number of fused-ring (bicyclic) bond motifs is 1. The van der Waals surface area contributed by atoms with Crippen molar-refractivity contribution in [3.8, 4) is 17.1 Å². The van der Waals surface area contributed by atoms with Gasteiger partial charge in [-0.2, -0.15) is 13.2 Å². The summed E-state index contributed by atoms with van der Waals surface area (Å²) in [4.78, 5) is 37.5. The fourth-order valence-electron chi connectivity index (χ4n) is 4.65. The molecule has 3 N–H and O–H groups in total. The summed E-state index contributed by atoms with van der Waals surface area (Å²) in [5.41, 5.74) is -2.00. The van der Waals surface area contributed by atoms with E-state index in [-0.39, 0.29) is 30.0 Å². The molecule has 42 heavy (non-hydrogen) atoms. The molecule has 1 atom stereocenters. The van der Waals surface area contributed by atoms with Crippen LogP contribution < -0.4 is 26.2 Å². The number of halogens is 4. The quantitative estimate of drug-likeness (QED) is 0.308. The van der Waals surface area contributed by atoms with E-state index in [1.54, 1.807) is 19.2 Å². The van der Waals surface area contributed by atoms with E-state index in [2.05, 4.69) is 30.9 Å². The van der Waals surface area contributed by atoms with Crippen molar-refractivity contribution in [3.63, 3.8) is 0 Å². The lowest BCUT2D eigenvalue weighted by molar-refractivity contribution is -0.130. The minimum absolute atomic E-state index is 0.143. The fraction of sp³-hybridized carbons (Fsp3) is 0.393. The van der Waals surface area contributed by atoms with Gasteiger partial charge < -0.3 is 25.3 Å². The SMILES string of the molecule is COc1cnc(-c2cc3ccn(CCC[C@H](C)NC4=C(C(F)(F)F)C(=O)NCN=C4)c(=O)c3cc2F)nc1NC1CC1. The van der Waals surface area contributed by atoms with Gasteiger partial charge in [-0.05, 0) is 56.2 Å². The molecule has 2 aromatic heterocycles.